The minimum absolute atomic E-state index is 0.0671. The van der Waals surface area contributed by atoms with Crippen LogP contribution >= 0.6 is 0 Å². The summed E-state index contributed by atoms with van der Waals surface area (Å²) < 4.78 is 0. The molecule has 128 valence electrons. The first-order valence-electron chi connectivity index (χ1n) is 7.00. The van der Waals surface area contributed by atoms with Gasteiger partial charge < -0.3 is 26.4 Å². The summed E-state index contributed by atoms with van der Waals surface area (Å²) in [6.45, 7) is 1.85. The fourth-order valence-corrected chi connectivity index (χ4v) is 1.65. The number of unbranched alkanes of at least 4 members (excludes halogenated alkanes) is 1. The van der Waals surface area contributed by atoms with Crippen LogP contribution in [0.4, 0.5) is 0 Å². The van der Waals surface area contributed by atoms with Crippen LogP contribution in [0.2, 0.25) is 0 Å². The predicted octanol–water partition coefficient (Wildman–Crippen LogP) is 0.795. The minimum Gasteiger partial charge on any atom is -0.507 e. The van der Waals surface area contributed by atoms with Crippen molar-refractivity contribution in [3.8, 4) is 5.75 Å². The number of amides is 1. The van der Waals surface area contributed by atoms with E-state index in [1.807, 2.05) is 0 Å². The topological polar surface area (TPSA) is 150 Å². The smallest absolute Gasteiger partial charge is 0.339 e. The maximum Gasteiger partial charge on any atom is 0.339 e. The summed E-state index contributed by atoms with van der Waals surface area (Å²) in [4.78, 5) is 31.4. The Labute approximate surface area is 133 Å². The number of hydrogen-bond acceptors (Lipinski definition) is 5. The molecule has 0 spiro atoms. The Kier molecular flexibility index (Phi) is 9.77. The van der Waals surface area contributed by atoms with Crippen molar-refractivity contribution < 1.29 is 29.7 Å². The second-order valence-electron chi connectivity index (χ2n) is 4.70. The molecule has 1 rings (SSSR count). The highest BCUT2D eigenvalue weighted by Gasteiger charge is 2.16. The van der Waals surface area contributed by atoms with Crippen molar-refractivity contribution in [3.63, 3.8) is 0 Å². The van der Waals surface area contributed by atoms with Crippen LogP contribution < -0.4 is 11.1 Å². The fraction of sp³-hybridized carbons (Fsp3) is 0.400. The van der Waals surface area contributed by atoms with E-state index in [1.165, 1.54) is 19.1 Å². The third kappa shape index (κ3) is 9.10. The summed E-state index contributed by atoms with van der Waals surface area (Å²) in [5.41, 5.74) is 5.19. The van der Waals surface area contributed by atoms with E-state index in [2.05, 4.69) is 5.32 Å². The number of nitrogens with one attached hydrogen (secondary N) is 1. The van der Waals surface area contributed by atoms with Crippen LogP contribution in [0.3, 0.4) is 0 Å². The molecule has 6 N–H and O–H groups in total. The van der Waals surface area contributed by atoms with Gasteiger partial charge in [0.2, 0.25) is 5.91 Å². The molecular formula is C15H22N2O6. The molecule has 0 aromatic heterocycles. The van der Waals surface area contributed by atoms with Crippen molar-refractivity contribution in [2.45, 2.75) is 32.2 Å². The van der Waals surface area contributed by atoms with Gasteiger partial charge >= 0.3 is 11.9 Å². The third-order valence-electron chi connectivity index (χ3n) is 2.76. The summed E-state index contributed by atoms with van der Waals surface area (Å²) in [5, 5.41) is 28.3. The van der Waals surface area contributed by atoms with Crippen LogP contribution in [-0.2, 0) is 9.59 Å². The minimum atomic E-state index is -1.11. The molecule has 0 heterocycles. The standard InChI is InChI=1S/C8H16N2O3.C7H6O3/c1-6(11)10-7(8(12)13)4-2-3-5-9;8-6-4-2-1-3-5(6)7(9)10/h7H,2-5,9H2,1H3,(H,10,11)(H,12,13);1-4,8H,(H,9,10)/t7-;/m0./s1. The molecule has 23 heavy (non-hydrogen) atoms. The van der Waals surface area contributed by atoms with Crippen LogP contribution in [0.25, 0.3) is 0 Å². The Balaban J connectivity index is 0.000000433. The van der Waals surface area contributed by atoms with Gasteiger partial charge in [-0.25, -0.2) is 9.59 Å². The number of aromatic hydroxyl groups is 1. The van der Waals surface area contributed by atoms with Crippen LogP contribution in [0.1, 0.15) is 36.5 Å². The lowest BCUT2D eigenvalue weighted by atomic mass is 10.1. The SMILES string of the molecule is CC(=O)N[C@@H](CCCCN)C(=O)O.O=C(O)c1ccccc1O. The Bertz CT molecular complexity index is 532. The summed E-state index contributed by atoms with van der Waals surface area (Å²) in [7, 11) is 0. The highest BCUT2D eigenvalue weighted by molar-refractivity contribution is 5.90. The van der Waals surface area contributed by atoms with E-state index < -0.39 is 18.0 Å². The second kappa shape index (κ2) is 11.0. The lowest BCUT2D eigenvalue weighted by Gasteiger charge is -2.12. The number of rotatable bonds is 7. The second-order valence-corrected chi connectivity index (χ2v) is 4.70. The monoisotopic (exact) mass is 326 g/mol. The van der Waals surface area contributed by atoms with E-state index in [-0.39, 0.29) is 17.2 Å². The van der Waals surface area contributed by atoms with Gasteiger partial charge in [-0.3, -0.25) is 4.79 Å². The molecular weight excluding hydrogens is 304 g/mol. The van der Waals surface area contributed by atoms with Gasteiger partial charge in [-0.2, -0.15) is 0 Å². The molecule has 0 aliphatic heterocycles. The number of aliphatic carboxylic acids is 1. The van der Waals surface area contributed by atoms with Crippen LogP contribution in [0, 0.1) is 0 Å². The Morgan fingerprint density at radius 2 is 1.78 bits per heavy atom. The van der Waals surface area contributed by atoms with Gasteiger partial charge in [-0.15, -0.1) is 0 Å². The summed E-state index contributed by atoms with van der Waals surface area (Å²) in [6, 6.07) is 5.04. The summed E-state index contributed by atoms with van der Waals surface area (Å²) in [5.74, 6) is -2.62. The van der Waals surface area contributed by atoms with Crippen LogP contribution in [-0.4, -0.2) is 45.8 Å². The number of phenols is 1. The number of carbonyl (C=O) groups excluding carboxylic acids is 1. The number of carbonyl (C=O) groups is 3. The quantitative estimate of drug-likeness (QED) is 0.465. The molecule has 0 bridgehead atoms. The van der Waals surface area contributed by atoms with Gasteiger partial charge in [0.15, 0.2) is 0 Å². The van der Waals surface area contributed by atoms with Gasteiger partial charge in [0.25, 0.3) is 0 Å². The maximum absolute atomic E-state index is 10.6. The molecule has 0 aliphatic rings. The molecule has 8 nitrogen and oxygen atoms in total. The van der Waals surface area contributed by atoms with Crippen LogP contribution in [0.15, 0.2) is 24.3 Å². The molecule has 1 amide bonds. The van der Waals surface area contributed by atoms with E-state index in [9.17, 15) is 14.4 Å². The van der Waals surface area contributed by atoms with Crippen molar-refractivity contribution in [1.29, 1.82) is 0 Å². The zero-order chi connectivity index (χ0) is 17.8. The predicted molar refractivity (Wildman–Crippen MR) is 83.2 cm³/mol. The Hall–Kier alpha value is -2.61. The number of benzene rings is 1. The van der Waals surface area contributed by atoms with Crippen molar-refractivity contribution >= 4 is 17.8 Å². The van der Waals surface area contributed by atoms with E-state index in [4.69, 9.17) is 21.1 Å². The van der Waals surface area contributed by atoms with Gasteiger partial charge in [-0.05, 0) is 37.9 Å². The van der Waals surface area contributed by atoms with E-state index in [0.717, 1.165) is 6.42 Å². The Morgan fingerprint density at radius 1 is 1.17 bits per heavy atom. The van der Waals surface area contributed by atoms with Crippen molar-refractivity contribution in [3.05, 3.63) is 29.8 Å². The maximum atomic E-state index is 10.6. The normalized spacial score (nSPS) is 10.9. The molecule has 0 unspecified atom stereocenters. The molecule has 0 saturated heterocycles. The lowest BCUT2D eigenvalue weighted by Crippen LogP contribution is -2.39. The number of para-hydroxylation sites is 1. The molecule has 1 aromatic rings. The van der Waals surface area contributed by atoms with Crippen molar-refractivity contribution in [2.75, 3.05) is 6.54 Å². The average molecular weight is 326 g/mol. The largest absolute Gasteiger partial charge is 0.507 e. The number of aromatic carboxylic acids is 1. The first-order valence-corrected chi connectivity index (χ1v) is 7.00. The van der Waals surface area contributed by atoms with Crippen molar-refractivity contribution in [1.82, 2.24) is 5.32 Å². The third-order valence-corrected chi connectivity index (χ3v) is 2.76. The van der Waals surface area contributed by atoms with Crippen LogP contribution in [0.5, 0.6) is 5.75 Å². The summed E-state index contributed by atoms with van der Waals surface area (Å²) >= 11 is 0. The number of carboxylic acids is 2. The zero-order valence-corrected chi connectivity index (χ0v) is 12.9. The first-order chi connectivity index (χ1) is 10.8. The fourth-order valence-electron chi connectivity index (χ4n) is 1.65. The van der Waals surface area contributed by atoms with E-state index in [0.29, 0.717) is 19.4 Å². The van der Waals surface area contributed by atoms with Crippen molar-refractivity contribution in [2.24, 2.45) is 5.73 Å². The summed E-state index contributed by atoms with van der Waals surface area (Å²) in [6.07, 6.45) is 1.93. The molecule has 0 radical (unpaired) electrons. The molecule has 1 aromatic carbocycles. The molecule has 8 heteroatoms. The lowest BCUT2D eigenvalue weighted by molar-refractivity contribution is -0.141. The van der Waals surface area contributed by atoms with Gasteiger partial charge in [0.05, 0.1) is 0 Å². The van der Waals surface area contributed by atoms with Gasteiger partial charge in [-0.1, -0.05) is 12.1 Å². The van der Waals surface area contributed by atoms with E-state index in [1.54, 1.807) is 12.1 Å². The number of carboxylic acid groups (broad SMARTS) is 2. The first kappa shape index (κ1) is 20.4. The highest BCUT2D eigenvalue weighted by Crippen LogP contribution is 2.14. The highest BCUT2D eigenvalue weighted by atomic mass is 16.4. The molecule has 0 fully saturated rings. The van der Waals surface area contributed by atoms with Gasteiger partial charge in [0.1, 0.15) is 17.4 Å². The number of hydrogen-bond donors (Lipinski definition) is 5. The zero-order valence-electron chi connectivity index (χ0n) is 12.9. The van der Waals surface area contributed by atoms with E-state index >= 15 is 0 Å². The van der Waals surface area contributed by atoms with Gasteiger partial charge in [0, 0.05) is 6.92 Å². The number of nitrogens with two attached hydrogens (primary N) is 1. The molecule has 0 saturated carbocycles. The molecule has 1 atom stereocenters. The molecule has 0 aliphatic carbocycles. The Morgan fingerprint density at radius 3 is 2.17 bits per heavy atom. The average Bonchev–Trinajstić information content (AvgIpc) is 2.46.